The number of carbonyl (C=O) groups excluding carboxylic acids is 6. The summed E-state index contributed by atoms with van der Waals surface area (Å²) in [5.74, 6) is -4.35. The summed E-state index contributed by atoms with van der Waals surface area (Å²) in [5.41, 5.74) is 0.811. The van der Waals surface area contributed by atoms with Gasteiger partial charge in [-0.3, -0.25) is 19.2 Å². The first-order valence-electron chi connectivity index (χ1n) is 14.3. The molecule has 0 saturated heterocycles. The average molecular weight is 1440 g/mol. The van der Waals surface area contributed by atoms with E-state index in [0.717, 1.165) is 0 Å². The Kier molecular flexibility index (Phi) is 28.5. The molecule has 10 N–H and O–H groups in total. The third-order valence-electron chi connectivity index (χ3n) is 6.29. The van der Waals surface area contributed by atoms with E-state index in [0.29, 0.717) is 25.7 Å². The molecule has 25 heteroatoms. The number of likely N-dealkylation sites (N-methyl/N-ethyl adjacent to an activating group) is 1. The number of carbonyl (C=O) groups is 6. The number of amides is 4. The maximum Gasteiger partial charge on any atom is 1.00 e. The number of aliphatic hydroxyl groups excluding tert-OH is 5. The molecule has 0 heterocycles. The van der Waals surface area contributed by atoms with Crippen LogP contribution < -0.4 is 66.4 Å². The molecule has 0 aliphatic rings. The van der Waals surface area contributed by atoms with Crippen LogP contribution >= 0.6 is 136 Å². The van der Waals surface area contributed by atoms with E-state index in [4.69, 9.17) is 20.4 Å². The second-order valence-corrected chi connectivity index (χ2v) is 16.6. The number of benzene rings is 2. The SMILES string of the molecule is CNC(=O)c1c(I)c(NC(C)=O)c(I)c(C(=O)[O-])c1I.CNC(=O)c1c(I)c(NC(C)=O)c(I)c(C(=O)[O-])c1I.CNC[C@H](O)[C@@H](O)[C@H](O)[C@H](O)CO.[Na+]. The standard InChI is InChI=1S/2C11H9I3N2O4.C7H17NO5.Na/c2*1-3(17)16-9-7(13)4(10(18)15-2)6(12)5(8(9)14)11(19)20;1-8-2-4(10)6(12)7(13)5(11)3-9;/h2*1-2H3,(H,15,18)(H,16,17)(H,19,20);4-13H,2-3H2,1H3;/q;;;+1/p-2/t;;4-,5+,6+,7+;/m..0./s1. The quantitative estimate of drug-likeness (QED) is 0.0717. The maximum absolute atomic E-state index is 11.9. The molecule has 0 aliphatic heterocycles. The minimum absolute atomic E-state index is 0. The number of hydrogen-bond donors (Lipinski definition) is 10. The van der Waals surface area contributed by atoms with E-state index in [1.165, 1.54) is 27.9 Å². The zero-order valence-electron chi connectivity index (χ0n) is 29.0. The van der Waals surface area contributed by atoms with Crippen LogP contribution in [0.5, 0.6) is 0 Å². The molecule has 0 fully saturated rings. The number of carboxylic acids is 2. The maximum atomic E-state index is 11.9. The number of aromatic carboxylic acids is 2. The van der Waals surface area contributed by atoms with Gasteiger partial charge in [0.05, 0.1) is 54.3 Å². The topological polar surface area (TPSA) is 310 Å². The molecule has 0 unspecified atom stereocenters. The first-order valence-corrected chi connectivity index (χ1v) is 20.8. The van der Waals surface area contributed by atoms with Crippen LogP contribution in [0, 0.1) is 21.4 Å². The molecule has 0 spiro atoms. The molecule has 2 aromatic rings. The van der Waals surface area contributed by atoms with Crippen molar-refractivity contribution in [3.8, 4) is 0 Å². The predicted molar refractivity (Wildman–Crippen MR) is 238 cm³/mol. The number of carboxylic acid groups (broad SMARTS) is 2. The summed E-state index contributed by atoms with van der Waals surface area (Å²) >= 11 is 11.0. The first kappa shape index (κ1) is 56.5. The normalized spacial score (nSPS) is 12.4. The van der Waals surface area contributed by atoms with Crippen molar-refractivity contribution in [1.29, 1.82) is 0 Å². The molecule has 2 aromatic carbocycles. The minimum atomic E-state index is -1.55. The van der Waals surface area contributed by atoms with Crippen molar-refractivity contribution in [2.24, 2.45) is 0 Å². The first-order chi connectivity index (χ1) is 24.5. The Labute approximate surface area is 413 Å². The van der Waals surface area contributed by atoms with Crippen LogP contribution in [-0.2, 0) is 9.59 Å². The Bertz CT molecular complexity index is 1620. The molecule has 2 rings (SSSR count). The summed E-state index contributed by atoms with van der Waals surface area (Å²) < 4.78 is 2.19. The van der Waals surface area contributed by atoms with Gasteiger partial charge in [-0.1, -0.05) is 0 Å². The van der Waals surface area contributed by atoms with Gasteiger partial charge in [-0.25, -0.2) is 0 Å². The van der Waals surface area contributed by atoms with E-state index >= 15 is 0 Å². The fraction of sp³-hybridized carbons (Fsp3) is 0.379. The zero-order chi connectivity index (χ0) is 41.7. The van der Waals surface area contributed by atoms with Gasteiger partial charge in [0, 0.05) is 59.9 Å². The van der Waals surface area contributed by atoms with Gasteiger partial charge in [-0.15, -0.1) is 0 Å². The summed E-state index contributed by atoms with van der Waals surface area (Å²) in [5, 5.41) is 80.1. The van der Waals surface area contributed by atoms with Gasteiger partial charge in [0.1, 0.15) is 18.3 Å². The van der Waals surface area contributed by atoms with Gasteiger partial charge < -0.3 is 71.9 Å². The van der Waals surface area contributed by atoms with E-state index in [2.05, 4.69) is 26.6 Å². The molecule has 0 aromatic heterocycles. The molecular weight excluding hydrogens is 1410 g/mol. The second-order valence-electron chi connectivity index (χ2n) is 10.1. The molecule has 296 valence electrons. The Hall–Kier alpha value is 0.400. The Morgan fingerprint density at radius 2 is 0.870 bits per heavy atom. The minimum Gasteiger partial charge on any atom is -0.545 e. The summed E-state index contributed by atoms with van der Waals surface area (Å²) in [6, 6.07) is 0. The van der Waals surface area contributed by atoms with Gasteiger partial charge >= 0.3 is 29.6 Å². The molecule has 0 radical (unpaired) electrons. The van der Waals surface area contributed by atoms with Crippen molar-refractivity contribution in [3.63, 3.8) is 0 Å². The van der Waals surface area contributed by atoms with Crippen molar-refractivity contribution >= 4 is 182 Å². The molecule has 18 nitrogen and oxygen atoms in total. The van der Waals surface area contributed by atoms with Crippen LogP contribution in [0.4, 0.5) is 11.4 Å². The number of nitrogens with one attached hydrogen (secondary N) is 5. The molecular formula is C29H33I6N5NaO13-. The summed E-state index contributed by atoms with van der Waals surface area (Å²) in [6.07, 6.45) is -5.65. The number of halogens is 6. The smallest absolute Gasteiger partial charge is 0.545 e. The van der Waals surface area contributed by atoms with Crippen molar-refractivity contribution in [2.45, 2.75) is 38.3 Å². The van der Waals surface area contributed by atoms with Gasteiger partial charge in [0.2, 0.25) is 11.8 Å². The van der Waals surface area contributed by atoms with Crippen LogP contribution in [-0.4, -0.2) is 120 Å². The van der Waals surface area contributed by atoms with Crippen molar-refractivity contribution in [2.75, 3.05) is 44.9 Å². The molecule has 0 aliphatic carbocycles. The monoisotopic (exact) mass is 1440 g/mol. The van der Waals surface area contributed by atoms with Crippen molar-refractivity contribution in [1.82, 2.24) is 16.0 Å². The number of rotatable bonds is 12. The molecule has 4 atom stereocenters. The van der Waals surface area contributed by atoms with E-state index in [1.807, 2.05) is 90.4 Å². The van der Waals surface area contributed by atoms with E-state index in [9.17, 15) is 44.1 Å². The number of hydrogen-bond acceptors (Lipinski definition) is 14. The largest absolute Gasteiger partial charge is 1.00 e. The fourth-order valence-corrected chi connectivity index (χ4v) is 12.5. The fourth-order valence-electron chi connectivity index (χ4n) is 3.80. The summed E-state index contributed by atoms with van der Waals surface area (Å²) in [4.78, 5) is 68.9. The Morgan fingerprint density at radius 1 is 0.574 bits per heavy atom. The third kappa shape index (κ3) is 15.9. The summed E-state index contributed by atoms with van der Waals surface area (Å²) in [7, 11) is 4.47. The van der Waals surface area contributed by atoms with E-state index < -0.39 is 54.8 Å². The predicted octanol–water partition coefficient (Wildman–Crippen LogP) is -3.99. The number of aliphatic hydroxyl groups is 5. The van der Waals surface area contributed by atoms with Gasteiger partial charge in [0.25, 0.3) is 11.8 Å². The molecule has 0 saturated carbocycles. The van der Waals surface area contributed by atoms with Crippen LogP contribution in [0.25, 0.3) is 0 Å². The van der Waals surface area contributed by atoms with E-state index in [1.54, 1.807) is 52.2 Å². The van der Waals surface area contributed by atoms with Gasteiger partial charge in [-0.05, 0) is 143 Å². The van der Waals surface area contributed by atoms with Crippen LogP contribution in [0.3, 0.4) is 0 Å². The molecule has 4 amide bonds. The van der Waals surface area contributed by atoms with Crippen molar-refractivity contribution < 1.29 is 94.1 Å². The second kappa shape index (κ2) is 27.2. The van der Waals surface area contributed by atoms with E-state index in [-0.39, 0.29) is 77.3 Å². The number of anilines is 2. The van der Waals surface area contributed by atoms with Gasteiger partial charge in [-0.2, -0.15) is 0 Å². The third-order valence-corrected chi connectivity index (χ3v) is 12.8. The zero-order valence-corrected chi connectivity index (χ0v) is 43.9. The summed E-state index contributed by atoms with van der Waals surface area (Å²) in [6.45, 7) is 2.05. The van der Waals surface area contributed by atoms with Crippen LogP contribution in [0.15, 0.2) is 0 Å². The average Bonchev–Trinajstić information content (AvgIpc) is 3.07. The Morgan fingerprint density at radius 3 is 1.11 bits per heavy atom. The molecule has 0 bridgehead atoms. The van der Waals surface area contributed by atoms with Crippen LogP contribution in [0.2, 0.25) is 0 Å². The Balaban J connectivity index is 0. The van der Waals surface area contributed by atoms with Crippen molar-refractivity contribution in [3.05, 3.63) is 43.7 Å². The van der Waals surface area contributed by atoms with Crippen LogP contribution in [0.1, 0.15) is 55.3 Å². The van der Waals surface area contributed by atoms with Gasteiger partial charge in [0.15, 0.2) is 0 Å². The molecule has 54 heavy (non-hydrogen) atoms.